The van der Waals surface area contributed by atoms with E-state index in [-0.39, 0.29) is 11.8 Å². The van der Waals surface area contributed by atoms with Crippen LogP contribution in [0, 0.1) is 0 Å². The zero-order valence-electron chi connectivity index (χ0n) is 15.9. The molecule has 0 aromatic heterocycles. The number of fused-ring (bicyclic) bond motifs is 1. The molecule has 2 amide bonds. The van der Waals surface area contributed by atoms with E-state index < -0.39 is 5.54 Å². The fourth-order valence-corrected chi connectivity index (χ4v) is 5.85. The van der Waals surface area contributed by atoms with E-state index in [0.717, 1.165) is 46.1 Å². The highest BCUT2D eigenvalue weighted by Crippen LogP contribution is 2.40. The molecule has 2 aromatic carbocycles. The molecule has 4 rings (SSSR count). The molecular formula is C22H24N2O2S2. The lowest BCUT2D eigenvalue weighted by atomic mass is 9.86. The van der Waals surface area contributed by atoms with E-state index in [1.54, 1.807) is 11.8 Å². The van der Waals surface area contributed by atoms with E-state index in [1.165, 1.54) is 0 Å². The van der Waals surface area contributed by atoms with Gasteiger partial charge in [-0.25, -0.2) is 0 Å². The molecular weight excluding hydrogens is 388 g/mol. The second-order valence-electron chi connectivity index (χ2n) is 7.34. The van der Waals surface area contributed by atoms with Gasteiger partial charge < -0.3 is 10.2 Å². The Morgan fingerprint density at radius 2 is 1.96 bits per heavy atom. The summed E-state index contributed by atoms with van der Waals surface area (Å²) in [6.45, 7) is 0.606. The van der Waals surface area contributed by atoms with Crippen LogP contribution in [0.3, 0.4) is 0 Å². The van der Waals surface area contributed by atoms with Gasteiger partial charge in [-0.1, -0.05) is 24.3 Å². The summed E-state index contributed by atoms with van der Waals surface area (Å²) >= 11 is 3.56. The Hall–Kier alpha value is -1.92. The van der Waals surface area contributed by atoms with Crippen LogP contribution >= 0.6 is 23.5 Å². The van der Waals surface area contributed by atoms with Gasteiger partial charge in [0.25, 0.3) is 5.91 Å². The number of nitrogens with one attached hydrogen (secondary N) is 1. The minimum Gasteiger partial charge on any atom is -0.328 e. The van der Waals surface area contributed by atoms with E-state index >= 15 is 0 Å². The third kappa shape index (κ3) is 3.80. The number of benzene rings is 2. The first-order valence-corrected chi connectivity index (χ1v) is 11.9. The molecule has 1 saturated heterocycles. The van der Waals surface area contributed by atoms with Gasteiger partial charge in [-0.05, 0) is 60.4 Å². The summed E-state index contributed by atoms with van der Waals surface area (Å²) in [4.78, 5) is 29.2. The molecule has 0 bridgehead atoms. The predicted octanol–water partition coefficient (Wildman–Crippen LogP) is 4.66. The maximum atomic E-state index is 13.1. The molecule has 6 heteroatoms. The Morgan fingerprint density at radius 3 is 2.71 bits per heavy atom. The summed E-state index contributed by atoms with van der Waals surface area (Å²) in [5.74, 6) is 2.01. The molecule has 2 aliphatic heterocycles. The standard InChI is InChI=1S/C22H24N2O2S2/c1-27-18-7-4-6-17(13-18)23-20(25)14-22(9-11-28-12-10-22)24-15-16-5-2-3-8-19(16)21(24)26/h2-8,13H,9-12,14-15H2,1H3,(H,23,25). The summed E-state index contributed by atoms with van der Waals surface area (Å²) in [6, 6.07) is 15.7. The monoisotopic (exact) mass is 412 g/mol. The van der Waals surface area contributed by atoms with Crippen molar-refractivity contribution in [1.29, 1.82) is 0 Å². The summed E-state index contributed by atoms with van der Waals surface area (Å²) in [5, 5.41) is 3.05. The molecule has 2 aromatic rings. The summed E-state index contributed by atoms with van der Waals surface area (Å²) < 4.78 is 0. The Bertz CT molecular complexity index is 894. The smallest absolute Gasteiger partial charge is 0.254 e. The highest BCUT2D eigenvalue weighted by molar-refractivity contribution is 7.99. The summed E-state index contributed by atoms with van der Waals surface area (Å²) in [6.07, 6.45) is 4.08. The van der Waals surface area contributed by atoms with Crippen LogP contribution < -0.4 is 5.32 Å². The molecule has 2 heterocycles. The third-order valence-corrected chi connectivity index (χ3v) is 7.37. The SMILES string of the molecule is CSc1cccc(NC(=O)CC2(N3Cc4ccccc4C3=O)CCSCC2)c1. The average molecular weight is 413 g/mol. The van der Waals surface area contributed by atoms with Crippen molar-refractivity contribution in [3.8, 4) is 0 Å². The maximum Gasteiger partial charge on any atom is 0.254 e. The van der Waals surface area contributed by atoms with Crippen molar-refractivity contribution in [2.24, 2.45) is 0 Å². The second kappa shape index (κ2) is 8.21. The van der Waals surface area contributed by atoms with Gasteiger partial charge in [0.2, 0.25) is 5.91 Å². The number of thioether (sulfide) groups is 2. The quantitative estimate of drug-likeness (QED) is 0.726. The zero-order valence-corrected chi connectivity index (χ0v) is 17.6. The van der Waals surface area contributed by atoms with Gasteiger partial charge in [0.1, 0.15) is 0 Å². The van der Waals surface area contributed by atoms with Crippen LogP contribution in [0.1, 0.15) is 35.2 Å². The van der Waals surface area contributed by atoms with E-state index in [4.69, 9.17) is 0 Å². The van der Waals surface area contributed by atoms with Crippen LogP contribution in [-0.2, 0) is 11.3 Å². The van der Waals surface area contributed by atoms with Crippen LogP contribution in [0.2, 0.25) is 0 Å². The predicted molar refractivity (Wildman–Crippen MR) is 117 cm³/mol. The molecule has 1 fully saturated rings. The van der Waals surface area contributed by atoms with E-state index in [9.17, 15) is 9.59 Å². The van der Waals surface area contributed by atoms with E-state index in [1.807, 2.05) is 71.4 Å². The Labute approximate surface area is 174 Å². The largest absolute Gasteiger partial charge is 0.328 e. The van der Waals surface area contributed by atoms with Gasteiger partial charge in [0.05, 0.1) is 12.0 Å². The highest BCUT2D eigenvalue weighted by atomic mass is 32.2. The molecule has 28 heavy (non-hydrogen) atoms. The summed E-state index contributed by atoms with van der Waals surface area (Å²) in [7, 11) is 0. The van der Waals surface area contributed by atoms with Crippen LogP contribution in [0.15, 0.2) is 53.4 Å². The molecule has 146 valence electrons. The van der Waals surface area contributed by atoms with E-state index in [0.29, 0.717) is 13.0 Å². The van der Waals surface area contributed by atoms with Crippen LogP contribution in [0.4, 0.5) is 5.69 Å². The number of hydrogen-bond donors (Lipinski definition) is 1. The van der Waals surface area contributed by atoms with Crippen molar-refractivity contribution in [2.75, 3.05) is 23.1 Å². The molecule has 2 aliphatic rings. The first-order valence-electron chi connectivity index (χ1n) is 9.53. The lowest BCUT2D eigenvalue weighted by Gasteiger charge is -2.44. The number of hydrogen-bond acceptors (Lipinski definition) is 4. The van der Waals surface area contributed by atoms with Gasteiger partial charge >= 0.3 is 0 Å². The third-order valence-electron chi connectivity index (χ3n) is 5.66. The Balaban J connectivity index is 1.55. The number of carbonyl (C=O) groups is 2. The van der Waals surface area contributed by atoms with Crippen molar-refractivity contribution in [3.63, 3.8) is 0 Å². The highest BCUT2D eigenvalue weighted by Gasteiger charge is 2.45. The Kier molecular flexibility index (Phi) is 5.69. The van der Waals surface area contributed by atoms with Crippen LogP contribution in [0.5, 0.6) is 0 Å². The first-order chi connectivity index (χ1) is 13.6. The molecule has 0 unspecified atom stereocenters. The second-order valence-corrected chi connectivity index (χ2v) is 9.45. The maximum absolute atomic E-state index is 13.1. The van der Waals surface area contributed by atoms with Crippen molar-refractivity contribution in [3.05, 3.63) is 59.7 Å². The van der Waals surface area contributed by atoms with Crippen LogP contribution in [0.25, 0.3) is 0 Å². The topological polar surface area (TPSA) is 49.4 Å². The van der Waals surface area contributed by atoms with Gasteiger partial charge in [-0.15, -0.1) is 11.8 Å². The number of amides is 2. The molecule has 1 N–H and O–H groups in total. The number of anilines is 1. The first kappa shape index (κ1) is 19.4. The minimum atomic E-state index is -0.400. The van der Waals surface area contributed by atoms with Gasteiger partial charge in [-0.3, -0.25) is 9.59 Å². The van der Waals surface area contributed by atoms with Gasteiger partial charge in [0, 0.05) is 22.7 Å². The molecule has 4 nitrogen and oxygen atoms in total. The zero-order chi connectivity index (χ0) is 19.6. The molecule has 0 aliphatic carbocycles. The normalized spacial score (nSPS) is 18.0. The number of carbonyl (C=O) groups excluding carboxylic acids is 2. The average Bonchev–Trinajstić information content (AvgIpc) is 3.06. The lowest BCUT2D eigenvalue weighted by molar-refractivity contribution is -0.119. The Morgan fingerprint density at radius 1 is 1.18 bits per heavy atom. The van der Waals surface area contributed by atoms with Gasteiger partial charge in [0.15, 0.2) is 0 Å². The fourth-order valence-electron chi connectivity index (χ4n) is 4.14. The van der Waals surface area contributed by atoms with Crippen LogP contribution in [-0.4, -0.2) is 40.0 Å². The fraction of sp³-hybridized carbons (Fsp3) is 0.364. The van der Waals surface area contributed by atoms with Gasteiger partial charge in [-0.2, -0.15) is 11.8 Å². The molecule has 0 atom stereocenters. The summed E-state index contributed by atoms with van der Waals surface area (Å²) in [5.41, 5.74) is 2.27. The molecule has 0 saturated carbocycles. The molecule has 0 spiro atoms. The minimum absolute atomic E-state index is 0.0195. The van der Waals surface area contributed by atoms with Crippen molar-refractivity contribution < 1.29 is 9.59 Å². The van der Waals surface area contributed by atoms with Crippen molar-refractivity contribution >= 4 is 41.0 Å². The lowest BCUT2D eigenvalue weighted by Crippen LogP contribution is -2.53. The number of rotatable bonds is 5. The van der Waals surface area contributed by atoms with Crippen molar-refractivity contribution in [1.82, 2.24) is 4.90 Å². The van der Waals surface area contributed by atoms with E-state index in [2.05, 4.69) is 5.32 Å². The molecule has 0 radical (unpaired) electrons. The number of nitrogens with zero attached hydrogens (tertiary/aromatic N) is 1. The van der Waals surface area contributed by atoms with Crippen molar-refractivity contribution in [2.45, 2.75) is 36.2 Å².